The molecule has 0 amide bonds. The zero-order chi connectivity index (χ0) is 15.7. The van der Waals surface area contributed by atoms with Crippen molar-refractivity contribution in [2.75, 3.05) is 4.72 Å². The van der Waals surface area contributed by atoms with Gasteiger partial charge in [0.15, 0.2) is 0 Å². The Morgan fingerprint density at radius 2 is 1.90 bits per heavy atom. The van der Waals surface area contributed by atoms with Gasteiger partial charge in [-0.1, -0.05) is 6.07 Å². The first-order valence-electron chi connectivity index (χ1n) is 5.62. The molecule has 2 N–H and O–H groups in total. The number of aliphatic hydroxyl groups excluding tert-OH is 1. The fraction of sp³-hybridized carbons (Fsp3) is 0.167. The van der Waals surface area contributed by atoms with Gasteiger partial charge >= 0.3 is 6.18 Å². The fourth-order valence-corrected chi connectivity index (χ4v) is 3.82. The first kappa shape index (κ1) is 15.8. The van der Waals surface area contributed by atoms with Crippen molar-refractivity contribution in [3.63, 3.8) is 0 Å². The van der Waals surface area contributed by atoms with Gasteiger partial charge in [0.2, 0.25) is 0 Å². The van der Waals surface area contributed by atoms with Crippen LogP contribution in [0.15, 0.2) is 40.6 Å². The third-order valence-electron chi connectivity index (χ3n) is 2.50. The molecule has 9 heteroatoms. The van der Waals surface area contributed by atoms with Crippen molar-refractivity contribution in [1.82, 2.24) is 0 Å². The first-order valence-corrected chi connectivity index (χ1v) is 7.92. The zero-order valence-electron chi connectivity index (χ0n) is 10.4. The summed E-state index contributed by atoms with van der Waals surface area (Å²) in [4.78, 5) is 0.444. The lowest BCUT2D eigenvalue weighted by Crippen LogP contribution is -2.12. The van der Waals surface area contributed by atoms with Gasteiger partial charge in [0, 0.05) is 10.6 Å². The maximum absolute atomic E-state index is 12.6. The topological polar surface area (TPSA) is 66.4 Å². The minimum atomic E-state index is -4.55. The van der Waals surface area contributed by atoms with Gasteiger partial charge in [-0.05, 0) is 30.3 Å². The molecule has 114 valence electrons. The van der Waals surface area contributed by atoms with Crippen LogP contribution >= 0.6 is 11.3 Å². The Morgan fingerprint density at radius 3 is 2.48 bits per heavy atom. The third kappa shape index (κ3) is 3.74. The molecule has 0 radical (unpaired) electrons. The molecule has 1 aromatic heterocycles. The number of alkyl halides is 3. The molecule has 1 heterocycles. The molecule has 0 bridgehead atoms. The predicted octanol–water partition coefficient (Wildman–Crippen LogP) is 3.06. The van der Waals surface area contributed by atoms with Crippen LogP contribution in [0.2, 0.25) is 0 Å². The number of hydrogen-bond donors (Lipinski definition) is 2. The molecule has 2 aromatic rings. The predicted molar refractivity (Wildman–Crippen MR) is 72.5 cm³/mol. The number of aliphatic hydroxyl groups is 1. The minimum absolute atomic E-state index is 0.0797. The number of thiophene rings is 1. The average molecular weight is 337 g/mol. The Bertz CT molecular complexity index is 738. The van der Waals surface area contributed by atoms with Crippen LogP contribution in [0.25, 0.3) is 0 Å². The number of halogens is 3. The van der Waals surface area contributed by atoms with Crippen LogP contribution in [0.1, 0.15) is 10.4 Å². The van der Waals surface area contributed by atoms with Crippen molar-refractivity contribution in [3.8, 4) is 0 Å². The van der Waals surface area contributed by atoms with Crippen LogP contribution < -0.4 is 4.72 Å². The molecule has 0 spiro atoms. The van der Waals surface area contributed by atoms with Gasteiger partial charge in [-0.15, -0.1) is 11.3 Å². The number of rotatable bonds is 4. The molecule has 0 atom stereocenters. The van der Waals surface area contributed by atoms with Gasteiger partial charge in [0.05, 0.1) is 12.2 Å². The van der Waals surface area contributed by atoms with Crippen LogP contribution in [-0.2, 0) is 22.8 Å². The Kier molecular flexibility index (Phi) is 4.26. The van der Waals surface area contributed by atoms with E-state index in [-0.39, 0.29) is 16.5 Å². The molecule has 0 unspecified atom stereocenters. The molecule has 0 fully saturated rings. The third-order valence-corrected chi connectivity index (χ3v) is 5.44. The standard InChI is InChI=1S/C12H10F3NO3S2/c13-12(14,15)8-2-1-3-9(6-8)16-21(18,19)11-5-4-10(7-17)20-11/h1-6,16-17H,7H2. The first-order chi connectivity index (χ1) is 9.72. The number of sulfonamides is 1. The average Bonchev–Trinajstić information content (AvgIpc) is 2.87. The van der Waals surface area contributed by atoms with E-state index in [1.807, 2.05) is 0 Å². The molecule has 0 saturated carbocycles. The largest absolute Gasteiger partial charge is 0.416 e. The lowest BCUT2D eigenvalue weighted by atomic mass is 10.2. The fourth-order valence-electron chi connectivity index (χ4n) is 1.55. The highest BCUT2D eigenvalue weighted by molar-refractivity contribution is 7.94. The number of hydrogen-bond acceptors (Lipinski definition) is 4. The smallest absolute Gasteiger partial charge is 0.391 e. The van der Waals surface area contributed by atoms with Crippen LogP contribution in [0, 0.1) is 0 Å². The monoisotopic (exact) mass is 337 g/mol. The maximum Gasteiger partial charge on any atom is 0.416 e. The second-order valence-electron chi connectivity index (χ2n) is 4.06. The van der Waals surface area contributed by atoms with E-state index in [9.17, 15) is 21.6 Å². The highest BCUT2D eigenvalue weighted by atomic mass is 32.2. The Morgan fingerprint density at radius 1 is 1.19 bits per heavy atom. The molecule has 0 aliphatic carbocycles. The molecule has 1 aromatic carbocycles. The quantitative estimate of drug-likeness (QED) is 0.901. The molecular formula is C12H10F3NO3S2. The molecule has 2 rings (SSSR count). The second kappa shape index (κ2) is 5.66. The molecule has 21 heavy (non-hydrogen) atoms. The van der Waals surface area contributed by atoms with Crippen LogP contribution in [0.5, 0.6) is 0 Å². The van der Waals surface area contributed by atoms with Gasteiger partial charge in [0.25, 0.3) is 10.0 Å². The van der Waals surface area contributed by atoms with Gasteiger partial charge < -0.3 is 5.11 Å². The highest BCUT2D eigenvalue weighted by Gasteiger charge is 2.30. The highest BCUT2D eigenvalue weighted by Crippen LogP contribution is 2.31. The van der Waals surface area contributed by atoms with E-state index in [0.29, 0.717) is 4.88 Å². The van der Waals surface area contributed by atoms with Crippen molar-refractivity contribution in [1.29, 1.82) is 0 Å². The summed E-state index contributed by atoms with van der Waals surface area (Å²) < 4.78 is 63.8. The Labute approximate surface area is 122 Å². The summed E-state index contributed by atoms with van der Waals surface area (Å²) in [6, 6.07) is 6.64. The molecule has 0 aliphatic rings. The van der Waals surface area contributed by atoms with E-state index >= 15 is 0 Å². The van der Waals surface area contributed by atoms with Crippen LogP contribution in [0.3, 0.4) is 0 Å². The summed E-state index contributed by atoms with van der Waals surface area (Å²) in [5.74, 6) is 0. The van der Waals surface area contributed by atoms with E-state index in [1.54, 1.807) is 0 Å². The van der Waals surface area contributed by atoms with Gasteiger partial charge in [-0.2, -0.15) is 13.2 Å². The van der Waals surface area contributed by atoms with Gasteiger partial charge in [0.1, 0.15) is 4.21 Å². The normalized spacial score (nSPS) is 12.4. The zero-order valence-corrected chi connectivity index (χ0v) is 12.0. The van der Waals surface area contributed by atoms with Crippen LogP contribution in [-0.4, -0.2) is 13.5 Å². The van der Waals surface area contributed by atoms with Crippen molar-refractivity contribution in [2.45, 2.75) is 17.0 Å². The SMILES string of the molecule is O=S(=O)(Nc1cccc(C(F)(F)F)c1)c1ccc(CO)s1. The minimum Gasteiger partial charge on any atom is -0.391 e. The van der Waals surface area contributed by atoms with E-state index in [4.69, 9.17) is 5.11 Å². The summed E-state index contributed by atoms with van der Waals surface area (Å²) in [6.45, 7) is -0.302. The summed E-state index contributed by atoms with van der Waals surface area (Å²) in [6.07, 6.45) is -4.55. The van der Waals surface area contributed by atoms with E-state index in [2.05, 4.69) is 4.72 Å². The summed E-state index contributed by atoms with van der Waals surface area (Å²) in [5, 5.41) is 8.90. The maximum atomic E-state index is 12.6. The van der Waals surface area contributed by atoms with Gasteiger partial charge in [-0.3, -0.25) is 4.72 Å². The van der Waals surface area contributed by atoms with Crippen molar-refractivity contribution in [3.05, 3.63) is 46.8 Å². The molecule has 0 aliphatic heterocycles. The second-order valence-corrected chi connectivity index (χ2v) is 7.14. The Balaban J connectivity index is 2.28. The number of benzene rings is 1. The van der Waals surface area contributed by atoms with Crippen molar-refractivity contribution < 1.29 is 26.7 Å². The summed E-state index contributed by atoms with van der Waals surface area (Å²) >= 11 is 0.846. The molecule has 0 saturated heterocycles. The lowest BCUT2D eigenvalue weighted by Gasteiger charge is -2.10. The van der Waals surface area contributed by atoms with E-state index in [1.165, 1.54) is 18.2 Å². The number of anilines is 1. The van der Waals surface area contributed by atoms with Gasteiger partial charge in [-0.25, -0.2) is 8.42 Å². The van der Waals surface area contributed by atoms with Crippen molar-refractivity contribution in [2.24, 2.45) is 0 Å². The van der Waals surface area contributed by atoms with Crippen LogP contribution in [0.4, 0.5) is 18.9 Å². The molecular weight excluding hydrogens is 327 g/mol. The van der Waals surface area contributed by atoms with E-state index in [0.717, 1.165) is 29.5 Å². The van der Waals surface area contributed by atoms with Crippen molar-refractivity contribution >= 4 is 27.0 Å². The Hall–Kier alpha value is -1.58. The summed E-state index contributed by atoms with van der Waals surface area (Å²) in [5.41, 5.74) is -1.12. The molecule has 4 nitrogen and oxygen atoms in total. The lowest BCUT2D eigenvalue weighted by molar-refractivity contribution is -0.137. The van der Waals surface area contributed by atoms with E-state index < -0.39 is 21.8 Å². The number of nitrogens with one attached hydrogen (secondary N) is 1. The summed E-state index contributed by atoms with van der Waals surface area (Å²) in [7, 11) is -3.97.